The highest BCUT2D eigenvalue weighted by Gasteiger charge is 2.24. The molecule has 0 bridgehead atoms. The van der Waals surface area contributed by atoms with Crippen molar-refractivity contribution in [2.45, 2.75) is 39.7 Å². The van der Waals surface area contributed by atoms with Crippen LogP contribution in [0, 0.1) is 0 Å². The van der Waals surface area contributed by atoms with Crippen LogP contribution in [0.4, 0.5) is 5.69 Å². The zero-order valence-corrected chi connectivity index (χ0v) is 12.3. The van der Waals surface area contributed by atoms with Crippen LogP contribution in [0.5, 0.6) is 0 Å². The molecule has 0 aromatic heterocycles. The number of benzene rings is 1. The molecule has 108 valence electrons. The number of azo groups is 1. The summed E-state index contributed by atoms with van der Waals surface area (Å²) in [4.78, 5) is 22.9. The van der Waals surface area contributed by atoms with Crippen LogP contribution < -0.4 is 0 Å². The van der Waals surface area contributed by atoms with Gasteiger partial charge in [-0.3, -0.25) is 4.79 Å². The highest BCUT2D eigenvalue weighted by Crippen LogP contribution is 2.19. The van der Waals surface area contributed by atoms with E-state index in [9.17, 15) is 9.59 Å². The average Bonchev–Trinajstić information content (AvgIpc) is 2.39. The second-order valence-corrected chi connectivity index (χ2v) is 4.73. The van der Waals surface area contributed by atoms with Crippen molar-refractivity contribution < 1.29 is 14.3 Å². The van der Waals surface area contributed by atoms with Gasteiger partial charge in [0.25, 0.3) is 0 Å². The van der Waals surface area contributed by atoms with Crippen LogP contribution in [-0.4, -0.2) is 24.4 Å². The van der Waals surface area contributed by atoms with E-state index in [4.69, 9.17) is 4.74 Å². The van der Waals surface area contributed by atoms with Crippen LogP contribution in [0.15, 0.2) is 34.5 Å². The van der Waals surface area contributed by atoms with E-state index in [1.54, 1.807) is 19.1 Å². The van der Waals surface area contributed by atoms with Crippen molar-refractivity contribution >= 4 is 17.4 Å². The van der Waals surface area contributed by atoms with E-state index < -0.39 is 12.0 Å². The number of nitrogens with zero attached hydrogens (tertiary/aromatic N) is 2. The highest BCUT2D eigenvalue weighted by atomic mass is 16.5. The predicted molar refractivity (Wildman–Crippen MR) is 76.1 cm³/mol. The number of ether oxygens (including phenoxy) is 1. The molecule has 0 spiro atoms. The standard InChI is InChI=1S/C15H20N2O3/c1-5-20-15(19)14(11(4)18)17-16-13-8-6-12(7-9-13)10(2)3/h6-10,14H,5H2,1-4H3. The van der Waals surface area contributed by atoms with Crippen molar-refractivity contribution in [2.24, 2.45) is 10.2 Å². The minimum absolute atomic E-state index is 0.210. The molecule has 1 unspecified atom stereocenters. The van der Waals surface area contributed by atoms with E-state index in [1.165, 1.54) is 12.5 Å². The molecule has 0 aliphatic carbocycles. The largest absolute Gasteiger partial charge is 0.464 e. The lowest BCUT2D eigenvalue weighted by molar-refractivity contribution is -0.147. The fraction of sp³-hybridized carbons (Fsp3) is 0.467. The van der Waals surface area contributed by atoms with Crippen LogP contribution in [0.1, 0.15) is 39.2 Å². The van der Waals surface area contributed by atoms with E-state index in [2.05, 4.69) is 24.1 Å². The van der Waals surface area contributed by atoms with Gasteiger partial charge >= 0.3 is 5.97 Å². The van der Waals surface area contributed by atoms with Crippen molar-refractivity contribution in [3.05, 3.63) is 29.8 Å². The fourth-order valence-electron chi connectivity index (χ4n) is 1.57. The van der Waals surface area contributed by atoms with E-state index in [1.807, 2.05) is 12.1 Å². The van der Waals surface area contributed by atoms with E-state index in [0.717, 1.165) is 0 Å². The summed E-state index contributed by atoms with van der Waals surface area (Å²) in [7, 11) is 0. The summed E-state index contributed by atoms with van der Waals surface area (Å²) < 4.78 is 4.79. The first kappa shape index (κ1) is 16.0. The van der Waals surface area contributed by atoms with Gasteiger partial charge in [0.2, 0.25) is 6.04 Å². The highest BCUT2D eigenvalue weighted by molar-refractivity contribution is 6.02. The minimum Gasteiger partial charge on any atom is -0.464 e. The van der Waals surface area contributed by atoms with E-state index in [0.29, 0.717) is 11.6 Å². The summed E-state index contributed by atoms with van der Waals surface area (Å²) in [5.74, 6) is -0.612. The molecule has 1 rings (SSSR count). The van der Waals surface area contributed by atoms with Crippen molar-refractivity contribution in [3.63, 3.8) is 0 Å². The molecule has 0 aliphatic heterocycles. The van der Waals surface area contributed by atoms with Gasteiger partial charge in [-0.05, 0) is 37.5 Å². The molecule has 0 radical (unpaired) electrons. The predicted octanol–water partition coefficient (Wildman–Crippen LogP) is 3.41. The third-order valence-corrected chi connectivity index (χ3v) is 2.74. The van der Waals surface area contributed by atoms with Crippen molar-refractivity contribution in [3.8, 4) is 0 Å². The van der Waals surface area contributed by atoms with Gasteiger partial charge in [0, 0.05) is 0 Å². The number of hydrogen-bond acceptors (Lipinski definition) is 5. The number of ketones is 1. The van der Waals surface area contributed by atoms with Crippen LogP contribution in [0.2, 0.25) is 0 Å². The summed E-state index contributed by atoms with van der Waals surface area (Å²) in [6.07, 6.45) is 0. The van der Waals surface area contributed by atoms with Crippen LogP contribution >= 0.6 is 0 Å². The first-order valence-electron chi connectivity index (χ1n) is 6.63. The maximum atomic E-state index is 11.6. The quantitative estimate of drug-likeness (QED) is 0.454. The third kappa shape index (κ3) is 4.57. The number of carbonyl (C=O) groups is 2. The van der Waals surface area contributed by atoms with E-state index in [-0.39, 0.29) is 12.4 Å². The molecule has 5 nitrogen and oxygen atoms in total. The van der Waals surface area contributed by atoms with Gasteiger partial charge in [0.1, 0.15) is 0 Å². The van der Waals surface area contributed by atoms with Crippen LogP contribution in [-0.2, 0) is 14.3 Å². The molecular formula is C15H20N2O3. The molecular weight excluding hydrogens is 256 g/mol. The Kier molecular flexibility index (Phi) is 6.03. The summed E-state index contributed by atoms with van der Waals surface area (Å²) in [6.45, 7) is 7.38. The maximum absolute atomic E-state index is 11.6. The van der Waals surface area contributed by atoms with E-state index >= 15 is 0 Å². The van der Waals surface area contributed by atoms with Gasteiger partial charge in [-0.25, -0.2) is 4.79 Å². The SMILES string of the molecule is CCOC(=O)C(N=Nc1ccc(C(C)C)cc1)C(C)=O. The zero-order valence-electron chi connectivity index (χ0n) is 12.3. The fourth-order valence-corrected chi connectivity index (χ4v) is 1.57. The number of rotatable bonds is 6. The van der Waals surface area contributed by atoms with Crippen molar-refractivity contribution in [1.29, 1.82) is 0 Å². The molecule has 0 N–H and O–H groups in total. The van der Waals surface area contributed by atoms with Gasteiger partial charge in [0.05, 0.1) is 12.3 Å². The molecule has 0 saturated carbocycles. The molecule has 0 aliphatic rings. The number of esters is 1. The molecule has 1 aromatic rings. The molecule has 1 atom stereocenters. The Morgan fingerprint density at radius 1 is 1.20 bits per heavy atom. The summed E-state index contributed by atoms with van der Waals surface area (Å²) >= 11 is 0. The zero-order chi connectivity index (χ0) is 15.1. The number of Topliss-reactive ketones (excluding diaryl/α,β-unsaturated/α-hetero) is 1. The topological polar surface area (TPSA) is 68.1 Å². The Morgan fingerprint density at radius 3 is 2.25 bits per heavy atom. The smallest absolute Gasteiger partial charge is 0.340 e. The van der Waals surface area contributed by atoms with Crippen molar-refractivity contribution in [2.75, 3.05) is 6.61 Å². The third-order valence-electron chi connectivity index (χ3n) is 2.74. The Labute approximate surface area is 119 Å². The molecule has 1 aromatic carbocycles. The normalized spacial score (nSPS) is 12.7. The minimum atomic E-state index is -1.18. The van der Waals surface area contributed by atoms with Gasteiger partial charge in [-0.1, -0.05) is 26.0 Å². The van der Waals surface area contributed by atoms with Crippen LogP contribution in [0.25, 0.3) is 0 Å². The molecule has 5 heteroatoms. The molecule has 20 heavy (non-hydrogen) atoms. The number of carbonyl (C=O) groups excluding carboxylic acids is 2. The second kappa shape index (κ2) is 7.53. The average molecular weight is 276 g/mol. The Bertz CT molecular complexity index is 492. The lowest BCUT2D eigenvalue weighted by atomic mass is 10.0. The van der Waals surface area contributed by atoms with Gasteiger partial charge in [0.15, 0.2) is 5.78 Å². The first-order valence-corrected chi connectivity index (χ1v) is 6.63. The van der Waals surface area contributed by atoms with Gasteiger partial charge < -0.3 is 4.74 Å². The summed E-state index contributed by atoms with van der Waals surface area (Å²) in [5, 5.41) is 7.72. The van der Waals surface area contributed by atoms with Crippen molar-refractivity contribution in [1.82, 2.24) is 0 Å². The Balaban J connectivity index is 2.82. The molecule has 0 amide bonds. The lowest BCUT2D eigenvalue weighted by Gasteiger charge is -2.07. The van der Waals surface area contributed by atoms with Gasteiger partial charge in [-0.2, -0.15) is 10.2 Å². The first-order chi connectivity index (χ1) is 9.45. The Hall–Kier alpha value is -2.04. The van der Waals surface area contributed by atoms with Gasteiger partial charge in [-0.15, -0.1) is 0 Å². The maximum Gasteiger partial charge on any atom is 0.340 e. The monoisotopic (exact) mass is 276 g/mol. The lowest BCUT2D eigenvalue weighted by Crippen LogP contribution is -2.28. The second-order valence-electron chi connectivity index (χ2n) is 4.73. The molecule has 0 fully saturated rings. The summed E-state index contributed by atoms with van der Waals surface area (Å²) in [5.41, 5.74) is 1.79. The van der Waals surface area contributed by atoms with Crippen LogP contribution in [0.3, 0.4) is 0 Å². The molecule has 0 heterocycles. The Morgan fingerprint density at radius 2 is 1.80 bits per heavy atom. The summed E-state index contributed by atoms with van der Waals surface area (Å²) in [6, 6.07) is 6.33. The molecule has 0 saturated heterocycles. The number of hydrogen-bond donors (Lipinski definition) is 0.